The van der Waals surface area contributed by atoms with Gasteiger partial charge in [0.05, 0.1) is 0 Å². The number of aryl methyl sites for hydroxylation is 1. The SMILES string of the molecule is CCC(C)(CC)C(=O)/C=C(\O)C(C)(CC)CC.Cc1csc2ccc(-c3cc4c(-c5[c-]c6ccccc6c(C(C)(C)C)c5)nccc4o3)cc12.[Ir]. The van der Waals surface area contributed by atoms with Gasteiger partial charge in [0.2, 0.25) is 0 Å². The summed E-state index contributed by atoms with van der Waals surface area (Å²) in [5.41, 5.74) is 5.84. The monoisotopic (exact) mass is 879 g/mol. The maximum atomic E-state index is 12.2. The van der Waals surface area contributed by atoms with E-state index in [2.05, 4.69) is 93.7 Å². The number of aliphatic hydroxyl groups is 1. The number of carbonyl (C=O) groups excluding carboxylic acids is 1. The fraction of sp³-hybridized carbons (Fsp3) is 0.378. The molecule has 3 aromatic heterocycles. The van der Waals surface area contributed by atoms with Crippen LogP contribution in [0.2, 0.25) is 0 Å². The summed E-state index contributed by atoms with van der Waals surface area (Å²) in [4.78, 5) is 17.0. The van der Waals surface area contributed by atoms with Gasteiger partial charge in [0.1, 0.15) is 17.1 Å². The van der Waals surface area contributed by atoms with Crippen LogP contribution >= 0.6 is 11.3 Å². The molecular formula is C45H52IrNO3S-. The Bertz CT molecular complexity index is 2170. The van der Waals surface area contributed by atoms with Crippen LogP contribution in [0.1, 0.15) is 99.1 Å². The molecule has 3 heterocycles. The van der Waals surface area contributed by atoms with E-state index in [1.54, 1.807) is 11.3 Å². The van der Waals surface area contributed by atoms with E-state index in [0.717, 1.165) is 64.6 Å². The first-order valence-electron chi connectivity index (χ1n) is 18.0. The molecule has 1 radical (unpaired) electrons. The van der Waals surface area contributed by atoms with E-state index >= 15 is 0 Å². The number of thiophene rings is 1. The Kier molecular flexibility index (Phi) is 12.6. The number of hydrogen-bond acceptors (Lipinski definition) is 5. The average Bonchev–Trinajstić information content (AvgIpc) is 3.73. The van der Waals surface area contributed by atoms with Crippen LogP contribution in [0.4, 0.5) is 0 Å². The number of carbonyl (C=O) groups is 1. The number of pyridine rings is 1. The normalized spacial score (nSPS) is 12.5. The second-order valence-electron chi connectivity index (χ2n) is 15.1. The molecule has 0 saturated carbocycles. The average molecular weight is 879 g/mol. The number of aromatic nitrogens is 1. The van der Waals surface area contributed by atoms with Crippen molar-refractivity contribution in [3.8, 4) is 22.6 Å². The third-order valence-electron chi connectivity index (χ3n) is 10.9. The molecule has 0 aliphatic heterocycles. The van der Waals surface area contributed by atoms with Crippen LogP contribution in [0.25, 0.3) is 54.4 Å². The van der Waals surface area contributed by atoms with Gasteiger partial charge >= 0.3 is 0 Å². The Morgan fingerprint density at radius 3 is 2.18 bits per heavy atom. The second kappa shape index (κ2) is 16.0. The Morgan fingerprint density at radius 1 is 0.863 bits per heavy atom. The first kappa shape index (κ1) is 40.2. The number of benzene rings is 3. The molecule has 0 atom stereocenters. The second-order valence-corrected chi connectivity index (χ2v) is 16.0. The Labute approximate surface area is 321 Å². The molecular weight excluding hydrogens is 827 g/mol. The molecule has 4 nitrogen and oxygen atoms in total. The van der Waals surface area contributed by atoms with Gasteiger partial charge in [-0.15, -0.1) is 40.5 Å². The summed E-state index contributed by atoms with van der Waals surface area (Å²) in [6.07, 6.45) is 6.58. The van der Waals surface area contributed by atoms with Crippen molar-refractivity contribution >= 4 is 48.9 Å². The molecule has 1 N–H and O–H groups in total. The van der Waals surface area contributed by atoms with Crippen LogP contribution in [0, 0.1) is 23.8 Å². The number of nitrogens with zero attached hydrogens (tertiary/aromatic N) is 1. The number of hydrogen-bond donors (Lipinski definition) is 1. The first-order chi connectivity index (χ1) is 23.7. The number of fused-ring (bicyclic) bond motifs is 3. The van der Waals surface area contributed by atoms with Gasteiger partial charge in [0, 0.05) is 64.6 Å². The van der Waals surface area contributed by atoms with Crippen molar-refractivity contribution in [3.05, 3.63) is 101 Å². The first-order valence-corrected chi connectivity index (χ1v) is 18.8. The van der Waals surface area contributed by atoms with E-state index in [1.165, 1.54) is 32.7 Å². The smallest absolute Gasteiger partial charge is 0.164 e. The van der Waals surface area contributed by atoms with Gasteiger partial charge in [-0.25, -0.2) is 0 Å². The number of rotatable bonds is 9. The van der Waals surface area contributed by atoms with Crippen molar-refractivity contribution in [3.63, 3.8) is 0 Å². The number of allylic oxidation sites excluding steroid dienone is 2. The number of aliphatic hydroxyl groups excluding tert-OH is 1. The van der Waals surface area contributed by atoms with Gasteiger partial charge in [0.25, 0.3) is 0 Å². The number of ketones is 1. The van der Waals surface area contributed by atoms with E-state index < -0.39 is 0 Å². The topological polar surface area (TPSA) is 63.3 Å². The maximum absolute atomic E-state index is 12.2. The zero-order valence-electron chi connectivity index (χ0n) is 31.8. The zero-order valence-corrected chi connectivity index (χ0v) is 35.0. The molecule has 6 aromatic rings. The maximum Gasteiger partial charge on any atom is 0.164 e. The van der Waals surface area contributed by atoms with Gasteiger partial charge in [-0.2, -0.15) is 0 Å². The summed E-state index contributed by atoms with van der Waals surface area (Å²) >= 11 is 1.78. The van der Waals surface area contributed by atoms with E-state index in [0.29, 0.717) is 0 Å². The summed E-state index contributed by atoms with van der Waals surface area (Å²) in [6.45, 7) is 21.0. The third-order valence-corrected chi connectivity index (χ3v) is 12.0. The van der Waals surface area contributed by atoms with Crippen molar-refractivity contribution in [1.29, 1.82) is 0 Å². The van der Waals surface area contributed by atoms with Crippen molar-refractivity contribution < 1.29 is 34.4 Å². The van der Waals surface area contributed by atoms with Crippen LogP contribution in [0.15, 0.2) is 88.5 Å². The molecule has 0 fully saturated rings. The third kappa shape index (κ3) is 8.25. The molecule has 271 valence electrons. The number of furan rings is 1. The minimum atomic E-state index is -0.337. The van der Waals surface area contributed by atoms with Crippen molar-refractivity contribution in [2.75, 3.05) is 0 Å². The molecule has 0 amide bonds. The summed E-state index contributed by atoms with van der Waals surface area (Å²) < 4.78 is 7.62. The zero-order chi connectivity index (χ0) is 36.4. The van der Waals surface area contributed by atoms with E-state index in [1.807, 2.05) is 53.8 Å². The van der Waals surface area contributed by atoms with Crippen molar-refractivity contribution in [2.24, 2.45) is 10.8 Å². The molecule has 0 spiro atoms. The Balaban J connectivity index is 0.000000279. The molecule has 0 bridgehead atoms. The Hall–Kier alpha value is -3.57. The van der Waals surface area contributed by atoms with Crippen LogP contribution in [-0.2, 0) is 30.3 Å². The van der Waals surface area contributed by atoms with Gasteiger partial charge in [-0.1, -0.05) is 91.5 Å². The Morgan fingerprint density at radius 2 is 1.53 bits per heavy atom. The molecule has 6 rings (SSSR count). The van der Waals surface area contributed by atoms with Gasteiger partial charge in [0.15, 0.2) is 5.78 Å². The standard InChI is InChI=1S/C30H24NOS.C15H28O2.Ir/c1-18-17-33-28-10-9-20(14-23(18)28)27-16-24-26(32-27)11-12-31-29(24)21-13-19-7-5-6-8-22(19)25(15-21)30(2,3)4;1-7-14(5,8-2)12(16)11-13(17)15(6,9-3)10-4;/h5-12,14-17H,1-4H3;11,16H,7-10H2,1-6H3;/q-1;;/b;12-11-;. The quantitative estimate of drug-likeness (QED) is 0.0893. The van der Waals surface area contributed by atoms with Gasteiger partial charge < -0.3 is 9.52 Å². The minimum Gasteiger partial charge on any atom is -0.512 e. The molecule has 3 aromatic carbocycles. The summed E-state index contributed by atoms with van der Waals surface area (Å²) in [5.74, 6) is 1.15. The van der Waals surface area contributed by atoms with Gasteiger partial charge in [-0.3, -0.25) is 9.78 Å². The van der Waals surface area contributed by atoms with E-state index in [4.69, 9.17) is 9.40 Å². The van der Waals surface area contributed by atoms with Crippen LogP contribution < -0.4 is 0 Å². The van der Waals surface area contributed by atoms with Crippen LogP contribution in [0.3, 0.4) is 0 Å². The predicted molar refractivity (Wildman–Crippen MR) is 213 cm³/mol. The largest absolute Gasteiger partial charge is 0.512 e. The fourth-order valence-corrected chi connectivity index (χ4v) is 7.22. The van der Waals surface area contributed by atoms with Crippen molar-refractivity contribution in [1.82, 2.24) is 4.98 Å². The molecule has 0 unspecified atom stereocenters. The van der Waals surface area contributed by atoms with Gasteiger partial charge in [-0.05, 0) is 84.7 Å². The fourth-order valence-electron chi connectivity index (χ4n) is 6.29. The van der Waals surface area contributed by atoms with Crippen molar-refractivity contribution in [2.45, 2.75) is 100 Å². The molecule has 6 heteroatoms. The van der Waals surface area contributed by atoms with E-state index in [-0.39, 0.29) is 47.9 Å². The molecule has 0 aliphatic carbocycles. The molecule has 0 saturated heterocycles. The van der Waals surface area contributed by atoms with E-state index in [9.17, 15) is 9.90 Å². The van der Waals surface area contributed by atoms with Crippen LogP contribution in [0.5, 0.6) is 0 Å². The minimum absolute atomic E-state index is 0. The summed E-state index contributed by atoms with van der Waals surface area (Å²) in [7, 11) is 0. The molecule has 51 heavy (non-hydrogen) atoms. The summed E-state index contributed by atoms with van der Waals surface area (Å²) in [5, 5.41) is 17.0. The molecule has 0 aliphatic rings. The summed E-state index contributed by atoms with van der Waals surface area (Å²) in [6, 6.07) is 25.0. The van der Waals surface area contributed by atoms with Crippen LogP contribution in [-0.4, -0.2) is 15.9 Å². The predicted octanol–water partition coefficient (Wildman–Crippen LogP) is 13.6.